The van der Waals surface area contributed by atoms with Gasteiger partial charge in [-0.3, -0.25) is 9.59 Å². The maximum Gasteiger partial charge on any atom is 0.258 e. The third kappa shape index (κ3) is 4.41. The highest BCUT2D eigenvalue weighted by Crippen LogP contribution is 2.44. The molecule has 2 N–H and O–H groups in total. The molecule has 0 aliphatic heterocycles. The molecule has 0 spiro atoms. The molecule has 0 unspecified atom stereocenters. The van der Waals surface area contributed by atoms with Gasteiger partial charge >= 0.3 is 0 Å². The normalized spacial score (nSPS) is 16.4. The Balaban J connectivity index is 1.97. The van der Waals surface area contributed by atoms with Crippen molar-refractivity contribution in [3.63, 3.8) is 0 Å². The maximum atomic E-state index is 13.2. The van der Waals surface area contributed by atoms with Gasteiger partial charge in [0.25, 0.3) is 5.91 Å². The number of anilines is 2. The Bertz CT molecular complexity index is 898. The second kappa shape index (κ2) is 8.26. The first kappa shape index (κ1) is 20.9. The molecule has 1 aromatic carbocycles. The zero-order chi connectivity index (χ0) is 20.5. The molecule has 6 heteroatoms. The van der Waals surface area contributed by atoms with Crippen LogP contribution in [0.5, 0.6) is 0 Å². The minimum Gasteiger partial charge on any atom is -0.321 e. The first-order chi connectivity index (χ1) is 13.2. The molecule has 1 heterocycles. The van der Waals surface area contributed by atoms with Crippen molar-refractivity contribution < 1.29 is 9.59 Å². The van der Waals surface area contributed by atoms with Gasteiger partial charge in [0.15, 0.2) is 0 Å². The maximum absolute atomic E-state index is 13.2. The number of carbonyl (C=O) groups is 2. The van der Waals surface area contributed by atoms with Crippen LogP contribution in [-0.4, -0.2) is 11.8 Å². The van der Waals surface area contributed by atoms with Crippen molar-refractivity contribution >= 4 is 45.4 Å². The number of rotatable bonds is 4. The van der Waals surface area contributed by atoms with E-state index in [9.17, 15) is 9.59 Å². The minimum absolute atomic E-state index is 0.0854. The molecule has 0 bridgehead atoms. The number of amides is 2. The average Bonchev–Trinajstić information content (AvgIpc) is 2.99. The summed E-state index contributed by atoms with van der Waals surface area (Å²) < 4.78 is 0. The molecule has 2 aromatic rings. The highest BCUT2D eigenvalue weighted by atomic mass is 35.5. The predicted octanol–water partition coefficient (Wildman–Crippen LogP) is 6.15. The van der Waals surface area contributed by atoms with Crippen molar-refractivity contribution in [2.75, 3.05) is 10.6 Å². The summed E-state index contributed by atoms with van der Waals surface area (Å²) in [7, 11) is 0. The number of fused-ring (bicyclic) bond motifs is 1. The van der Waals surface area contributed by atoms with Crippen LogP contribution in [0.25, 0.3) is 0 Å². The summed E-state index contributed by atoms with van der Waals surface area (Å²) in [5, 5.41) is 7.00. The molecule has 1 aromatic heterocycles. The van der Waals surface area contributed by atoms with Gasteiger partial charge in [0, 0.05) is 11.3 Å². The van der Waals surface area contributed by atoms with Crippen molar-refractivity contribution in [1.29, 1.82) is 0 Å². The molecule has 0 saturated carbocycles. The summed E-state index contributed by atoms with van der Waals surface area (Å²) in [6, 6.07) is 7.18. The molecule has 0 fully saturated rings. The van der Waals surface area contributed by atoms with Crippen molar-refractivity contribution in [3.8, 4) is 0 Å². The molecular formula is C22H27ClN2O2S. The van der Waals surface area contributed by atoms with E-state index in [-0.39, 0.29) is 17.2 Å². The van der Waals surface area contributed by atoms with Gasteiger partial charge in [0.1, 0.15) is 5.00 Å². The molecule has 2 amide bonds. The Kier molecular flexibility index (Phi) is 6.15. The lowest BCUT2D eigenvalue weighted by atomic mass is 9.72. The van der Waals surface area contributed by atoms with Crippen molar-refractivity contribution in [2.45, 2.75) is 53.4 Å². The van der Waals surface area contributed by atoms with E-state index < -0.39 is 0 Å². The third-order valence-electron chi connectivity index (χ3n) is 5.41. The van der Waals surface area contributed by atoms with Gasteiger partial charge < -0.3 is 10.6 Å². The molecule has 1 atom stereocenters. The quantitative estimate of drug-likeness (QED) is 0.625. The van der Waals surface area contributed by atoms with Crippen LogP contribution in [-0.2, 0) is 17.6 Å². The number of nitrogens with one attached hydrogen (secondary N) is 2. The summed E-state index contributed by atoms with van der Waals surface area (Å²) in [4.78, 5) is 26.4. The Labute approximate surface area is 175 Å². The first-order valence-electron chi connectivity index (χ1n) is 9.71. The van der Waals surface area contributed by atoms with Gasteiger partial charge in [-0.1, -0.05) is 51.4 Å². The highest BCUT2D eigenvalue weighted by molar-refractivity contribution is 7.17. The van der Waals surface area contributed by atoms with Crippen LogP contribution in [0.1, 0.15) is 61.3 Å². The van der Waals surface area contributed by atoms with Gasteiger partial charge in [-0.05, 0) is 48.3 Å². The number of carbonyl (C=O) groups excluding carboxylic acids is 2. The topological polar surface area (TPSA) is 58.2 Å². The van der Waals surface area contributed by atoms with E-state index >= 15 is 0 Å². The van der Waals surface area contributed by atoms with E-state index in [0.717, 1.165) is 24.8 Å². The van der Waals surface area contributed by atoms with E-state index in [1.807, 2.05) is 19.1 Å². The van der Waals surface area contributed by atoms with Crippen LogP contribution in [0.4, 0.5) is 10.7 Å². The number of thiophene rings is 1. The smallest absolute Gasteiger partial charge is 0.258 e. The molecule has 0 saturated heterocycles. The molecule has 1 aliphatic carbocycles. The van der Waals surface area contributed by atoms with Crippen LogP contribution in [0, 0.1) is 11.3 Å². The second-order valence-electron chi connectivity index (χ2n) is 8.35. The SMILES string of the molecule is CCC(=O)Nc1sc2c(c1C(=O)Nc1ccccc1Cl)CC[C@H](C(C)(C)C)C2. The van der Waals surface area contributed by atoms with Crippen molar-refractivity contribution in [2.24, 2.45) is 11.3 Å². The van der Waals surface area contributed by atoms with Gasteiger partial charge in [-0.25, -0.2) is 0 Å². The largest absolute Gasteiger partial charge is 0.321 e. The molecule has 150 valence electrons. The van der Waals surface area contributed by atoms with Crippen LogP contribution >= 0.6 is 22.9 Å². The third-order valence-corrected chi connectivity index (χ3v) is 6.91. The van der Waals surface area contributed by atoms with Gasteiger partial charge in [0.2, 0.25) is 5.91 Å². The fourth-order valence-corrected chi connectivity index (χ4v) is 5.14. The van der Waals surface area contributed by atoms with Crippen molar-refractivity contribution in [3.05, 3.63) is 45.3 Å². The molecule has 3 rings (SSSR count). The molecular weight excluding hydrogens is 392 g/mol. The van der Waals surface area contributed by atoms with Crippen molar-refractivity contribution in [1.82, 2.24) is 0 Å². The highest BCUT2D eigenvalue weighted by Gasteiger charge is 2.34. The molecule has 1 aliphatic rings. The Morgan fingerprint density at radius 3 is 2.57 bits per heavy atom. The van der Waals surface area contributed by atoms with Crippen LogP contribution in [0.3, 0.4) is 0 Å². The Morgan fingerprint density at radius 2 is 1.93 bits per heavy atom. The molecule has 28 heavy (non-hydrogen) atoms. The van der Waals surface area contributed by atoms with E-state index in [4.69, 9.17) is 11.6 Å². The summed E-state index contributed by atoms with van der Waals surface area (Å²) in [6.07, 6.45) is 3.21. The van der Waals surface area contributed by atoms with E-state index in [1.54, 1.807) is 23.5 Å². The lowest BCUT2D eigenvalue weighted by molar-refractivity contribution is -0.115. The Morgan fingerprint density at radius 1 is 1.21 bits per heavy atom. The molecule has 0 radical (unpaired) electrons. The Hall–Kier alpha value is -1.85. The van der Waals surface area contributed by atoms with E-state index in [2.05, 4.69) is 31.4 Å². The summed E-state index contributed by atoms with van der Waals surface area (Å²) >= 11 is 7.75. The monoisotopic (exact) mass is 418 g/mol. The summed E-state index contributed by atoms with van der Waals surface area (Å²) in [5.41, 5.74) is 2.45. The zero-order valence-corrected chi connectivity index (χ0v) is 18.4. The van der Waals surface area contributed by atoms with Gasteiger partial charge in [-0.15, -0.1) is 11.3 Å². The molecule has 4 nitrogen and oxygen atoms in total. The number of halogens is 1. The van der Waals surface area contributed by atoms with Crippen LogP contribution in [0.2, 0.25) is 5.02 Å². The summed E-state index contributed by atoms with van der Waals surface area (Å²) in [6.45, 7) is 8.60. The fourth-order valence-electron chi connectivity index (χ4n) is 3.62. The lowest BCUT2D eigenvalue weighted by Gasteiger charge is -2.33. The lowest BCUT2D eigenvalue weighted by Crippen LogP contribution is -2.27. The fraction of sp³-hybridized carbons (Fsp3) is 0.455. The van der Waals surface area contributed by atoms with Gasteiger partial charge in [-0.2, -0.15) is 0 Å². The zero-order valence-electron chi connectivity index (χ0n) is 16.8. The minimum atomic E-state index is -0.216. The van der Waals surface area contributed by atoms with Crippen LogP contribution in [0.15, 0.2) is 24.3 Å². The van der Waals surface area contributed by atoms with Crippen LogP contribution < -0.4 is 10.6 Å². The number of hydrogen-bond acceptors (Lipinski definition) is 3. The number of para-hydroxylation sites is 1. The average molecular weight is 419 g/mol. The van der Waals surface area contributed by atoms with Gasteiger partial charge in [0.05, 0.1) is 16.3 Å². The van der Waals surface area contributed by atoms with E-state index in [1.165, 1.54) is 4.88 Å². The predicted molar refractivity (Wildman–Crippen MR) is 118 cm³/mol. The first-order valence-corrected chi connectivity index (χ1v) is 10.9. The number of hydrogen-bond donors (Lipinski definition) is 2. The summed E-state index contributed by atoms with van der Waals surface area (Å²) in [5.74, 6) is 0.261. The second-order valence-corrected chi connectivity index (χ2v) is 9.86. The van der Waals surface area contributed by atoms with E-state index in [0.29, 0.717) is 33.6 Å². The number of benzene rings is 1. The standard InChI is InChI=1S/C22H27ClN2O2S/c1-5-18(26)25-21-19(20(27)24-16-9-7-6-8-15(16)23)14-11-10-13(22(2,3)4)12-17(14)28-21/h6-9,13H,5,10-12H2,1-4H3,(H,24,27)(H,25,26)/t13-/m0/s1.